The Kier molecular flexibility index (Phi) is 7.11. The lowest BCUT2D eigenvalue weighted by atomic mass is 9.33. The molecule has 6 heteroatoms. The van der Waals surface area contributed by atoms with Gasteiger partial charge in [0.05, 0.1) is 25.0 Å². The van der Waals surface area contributed by atoms with Crippen molar-refractivity contribution in [2.45, 2.75) is 112 Å². The highest BCUT2D eigenvalue weighted by Crippen LogP contribution is 2.76. The number of rotatable bonds is 3. The highest BCUT2D eigenvalue weighted by molar-refractivity contribution is 5.86. The maximum atomic E-state index is 14.3. The van der Waals surface area contributed by atoms with E-state index in [4.69, 9.17) is 14.2 Å². The fourth-order valence-corrected chi connectivity index (χ4v) is 11.7. The highest BCUT2D eigenvalue weighted by Gasteiger charge is 2.73. The van der Waals surface area contributed by atoms with Crippen LogP contribution in [0.4, 0.5) is 0 Å². The average molecular weight is 557 g/mol. The molecule has 0 saturated heterocycles. The SMILES string of the molecule is COC(=O)C12CCC(C)C(C)C1C1=CCC3C4(C)CCC(OC(C)=O)C(C)(C)C4CCC3(C)[C@]1(C(=O)OC)CC2. The molecule has 0 aromatic carbocycles. The van der Waals surface area contributed by atoms with E-state index in [-0.39, 0.29) is 52.1 Å². The van der Waals surface area contributed by atoms with Gasteiger partial charge in [0, 0.05) is 12.3 Å². The third kappa shape index (κ3) is 3.62. The van der Waals surface area contributed by atoms with Crippen molar-refractivity contribution in [2.24, 2.45) is 56.7 Å². The van der Waals surface area contributed by atoms with Gasteiger partial charge >= 0.3 is 17.9 Å². The summed E-state index contributed by atoms with van der Waals surface area (Å²) in [5.41, 5.74) is -0.589. The van der Waals surface area contributed by atoms with Crippen molar-refractivity contribution in [1.29, 1.82) is 0 Å². The lowest BCUT2D eigenvalue weighted by Crippen LogP contribution is -2.68. The summed E-state index contributed by atoms with van der Waals surface area (Å²) in [6.45, 7) is 15.5. The number of methoxy groups -OCH3 is 2. The van der Waals surface area contributed by atoms with Crippen molar-refractivity contribution >= 4 is 17.9 Å². The first-order valence-electron chi connectivity index (χ1n) is 15.7. The molecule has 10 atom stereocenters. The van der Waals surface area contributed by atoms with Crippen LogP contribution in [0.2, 0.25) is 0 Å². The Bertz CT molecular complexity index is 1110. The van der Waals surface area contributed by atoms with Crippen molar-refractivity contribution in [3.8, 4) is 0 Å². The van der Waals surface area contributed by atoms with Gasteiger partial charge in [0.1, 0.15) is 6.10 Å². The molecule has 0 aromatic rings. The Morgan fingerprint density at radius 2 is 1.50 bits per heavy atom. The molecule has 0 aromatic heterocycles. The largest absolute Gasteiger partial charge is 0.469 e. The molecule has 5 aliphatic carbocycles. The summed E-state index contributed by atoms with van der Waals surface area (Å²) < 4.78 is 17.1. The van der Waals surface area contributed by atoms with Crippen LogP contribution in [0.3, 0.4) is 0 Å². The molecular formula is C34H52O6. The number of fused-ring (bicyclic) bond motifs is 7. The van der Waals surface area contributed by atoms with Gasteiger partial charge in [-0.05, 0) is 98.2 Å². The van der Waals surface area contributed by atoms with Crippen LogP contribution in [-0.2, 0) is 28.6 Å². The summed E-state index contributed by atoms with van der Waals surface area (Å²) in [5.74, 6) is 0.962. The molecule has 4 fully saturated rings. The minimum atomic E-state index is -0.747. The lowest BCUT2D eigenvalue weighted by molar-refractivity contribution is -0.222. The van der Waals surface area contributed by atoms with Gasteiger partial charge in [-0.15, -0.1) is 0 Å². The summed E-state index contributed by atoms with van der Waals surface area (Å²) >= 11 is 0. The van der Waals surface area contributed by atoms with Crippen LogP contribution in [0.5, 0.6) is 0 Å². The first-order valence-corrected chi connectivity index (χ1v) is 15.7. The zero-order chi connectivity index (χ0) is 29.5. The van der Waals surface area contributed by atoms with Crippen LogP contribution in [0, 0.1) is 56.7 Å². The van der Waals surface area contributed by atoms with E-state index in [1.54, 1.807) is 0 Å². The maximum absolute atomic E-state index is 14.3. The average Bonchev–Trinajstić information content (AvgIpc) is 2.90. The number of hydrogen-bond donors (Lipinski definition) is 0. The van der Waals surface area contributed by atoms with Crippen LogP contribution in [0.15, 0.2) is 11.6 Å². The number of ether oxygens (including phenoxy) is 3. The number of hydrogen-bond acceptors (Lipinski definition) is 6. The number of carbonyl (C=O) groups excluding carboxylic acids is 3. The quantitative estimate of drug-likeness (QED) is 0.214. The van der Waals surface area contributed by atoms with Crippen molar-refractivity contribution in [3.63, 3.8) is 0 Å². The van der Waals surface area contributed by atoms with Crippen LogP contribution in [-0.4, -0.2) is 38.2 Å². The van der Waals surface area contributed by atoms with E-state index >= 15 is 0 Å². The summed E-state index contributed by atoms with van der Waals surface area (Å²) in [7, 11) is 3.05. The Morgan fingerprint density at radius 1 is 0.825 bits per heavy atom. The van der Waals surface area contributed by atoms with Crippen molar-refractivity contribution < 1.29 is 28.6 Å². The normalized spacial score (nSPS) is 47.3. The highest BCUT2D eigenvalue weighted by atomic mass is 16.5. The number of allylic oxidation sites excluding steroid dienone is 1. The second kappa shape index (κ2) is 9.59. The van der Waals surface area contributed by atoms with Crippen molar-refractivity contribution in [3.05, 3.63) is 11.6 Å². The minimum absolute atomic E-state index is 0.00143. The topological polar surface area (TPSA) is 78.9 Å². The molecule has 224 valence electrons. The van der Waals surface area contributed by atoms with E-state index < -0.39 is 10.8 Å². The van der Waals surface area contributed by atoms with Crippen molar-refractivity contribution in [2.75, 3.05) is 14.2 Å². The molecule has 4 saturated carbocycles. The molecule has 0 radical (unpaired) electrons. The molecule has 0 spiro atoms. The Labute approximate surface area is 241 Å². The van der Waals surface area contributed by atoms with Gasteiger partial charge in [0.2, 0.25) is 0 Å². The molecule has 5 aliphatic rings. The van der Waals surface area contributed by atoms with E-state index in [0.29, 0.717) is 30.6 Å². The molecule has 0 aliphatic heterocycles. The monoisotopic (exact) mass is 556 g/mol. The molecule has 6 nitrogen and oxygen atoms in total. The zero-order valence-corrected chi connectivity index (χ0v) is 26.4. The molecule has 9 unspecified atom stereocenters. The first kappa shape index (κ1) is 29.6. The van der Waals surface area contributed by atoms with E-state index in [0.717, 1.165) is 44.9 Å². The molecule has 0 bridgehead atoms. The Hall–Kier alpha value is -1.85. The molecular weight excluding hydrogens is 504 g/mol. The number of carbonyl (C=O) groups is 3. The minimum Gasteiger partial charge on any atom is -0.469 e. The summed E-state index contributed by atoms with van der Waals surface area (Å²) in [5, 5.41) is 0. The molecule has 0 N–H and O–H groups in total. The Balaban J connectivity index is 1.65. The van der Waals surface area contributed by atoms with Gasteiger partial charge in [0.25, 0.3) is 0 Å². The van der Waals surface area contributed by atoms with E-state index in [9.17, 15) is 14.4 Å². The predicted octanol–water partition coefficient (Wildman–Crippen LogP) is 6.90. The maximum Gasteiger partial charge on any atom is 0.316 e. The third-order valence-corrected chi connectivity index (χ3v) is 13.8. The zero-order valence-electron chi connectivity index (χ0n) is 26.4. The van der Waals surface area contributed by atoms with Gasteiger partial charge in [0.15, 0.2) is 0 Å². The summed E-state index contributed by atoms with van der Waals surface area (Å²) in [6, 6.07) is 0. The standard InChI is InChI=1S/C34H52O6/c1-20-12-17-33(28(36)38-8)18-19-34(29(37)39-9)23(27(33)21(20)2)10-11-25-31(6)15-14-26(40-22(3)35)30(4,5)24(31)13-16-32(25,34)7/h10,20-21,24-27H,11-19H2,1-9H3/t20?,21?,24?,25?,26?,27?,31?,32?,33?,34-/m1/s1. The molecule has 40 heavy (non-hydrogen) atoms. The second-order valence-corrected chi connectivity index (χ2v) is 15.3. The third-order valence-electron chi connectivity index (χ3n) is 13.8. The van der Waals surface area contributed by atoms with Crippen LogP contribution in [0.25, 0.3) is 0 Å². The molecule has 5 rings (SSSR count). The van der Waals surface area contributed by atoms with Gasteiger partial charge in [-0.1, -0.05) is 53.2 Å². The fraction of sp³-hybridized carbons (Fsp3) is 0.853. The van der Waals surface area contributed by atoms with Crippen LogP contribution >= 0.6 is 0 Å². The molecule has 0 heterocycles. The van der Waals surface area contributed by atoms with E-state index in [1.807, 2.05) is 0 Å². The van der Waals surface area contributed by atoms with Crippen molar-refractivity contribution in [1.82, 2.24) is 0 Å². The second-order valence-electron chi connectivity index (χ2n) is 15.3. The van der Waals surface area contributed by atoms with Crippen LogP contribution < -0.4 is 0 Å². The number of esters is 3. The summed E-state index contributed by atoms with van der Waals surface area (Å²) in [4.78, 5) is 39.9. The van der Waals surface area contributed by atoms with Gasteiger partial charge in [-0.3, -0.25) is 14.4 Å². The Morgan fingerprint density at radius 3 is 2.12 bits per heavy atom. The van der Waals surface area contributed by atoms with Gasteiger partial charge < -0.3 is 14.2 Å². The smallest absolute Gasteiger partial charge is 0.316 e. The molecule has 0 amide bonds. The van der Waals surface area contributed by atoms with Gasteiger partial charge in [-0.2, -0.15) is 0 Å². The van der Waals surface area contributed by atoms with Crippen LogP contribution in [0.1, 0.15) is 106 Å². The van der Waals surface area contributed by atoms with E-state index in [1.165, 1.54) is 26.7 Å². The van der Waals surface area contributed by atoms with Gasteiger partial charge in [-0.25, -0.2) is 0 Å². The first-order chi connectivity index (χ1) is 18.7. The van der Waals surface area contributed by atoms with E-state index in [2.05, 4.69) is 47.6 Å². The fourth-order valence-electron chi connectivity index (χ4n) is 11.7. The predicted molar refractivity (Wildman–Crippen MR) is 153 cm³/mol. The lowest BCUT2D eigenvalue weighted by Gasteiger charge is -2.70. The summed E-state index contributed by atoms with van der Waals surface area (Å²) in [6.07, 6.45) is 10.0.